The average Bonchev–Trinajstić information content (AvgIpc) is 2.42. The molecule has 0 aliphatic rings. The summed E-state index contributed by atoms with van der Waals surface area (Å²) in [5.74, 6) is -0.0499. The number of hydrogen-bond acceptors (Lipinski definition) is 3. The van der Waals surface area contributed by atoms with Gasteiger partial charge in [-0.05, 0) is 42.9 Å². The Kier molecular flexibility index (Phi) is 5.57. The van der Waals surface area contributed by atoms with Crippen molar-refractivity contribution in [1.29, 1.82) is 5.41 Å². The summed E-state index contributed by atoms with van der Waals surface area (Å²) in [4.78, 5) is 12.9. The number of anilines is 1. The van der Waals surface area contributed by atoms with Crippen LogP contribution in [0.15, 0.2) is 18.2 Å². The van der Waals surface area contributed by atoms with Crippen LogP contribution in [0, 0.1) is 16.2 Å². The lowest BCUT2D eigenvalue weighted by Crippen LogP contribution is -2.33. The van der Waals surface area contributed by atoms with Gasteiger partial charge in [-0.1, -0.05) is 39.3 Å². The summed E-state index contributed by atoms with van der Waals surface area (Å²) in [5.41, 5.74) is 6.04. The molecule has 0 aromatic heterocycles. The summed E-state index contributed by atoms with van der Waals surface area (Å²) in [6.07, 6.45) is 3.45. The fourth-order valence-corrected chi connectivity index (χ4v) is 2.43. The first-order valence-corrected chi connectivity index (χ1v) is 7.64. The van der Waals surface area contributed by atoms with E-state index in [0.29, 0.717) is 29.1 Å². The maximum atomic E-state index is 12.9. The minimum Gasteiger partial charge on any atom is -0.398 e. The minimum absolute atomic E-state index is 0.0499. The molecular formula is C17H25ClN2O. The standard InChI is InChI=1S/C17H25ClN2O/c1-5-17(11-19,9-8-16(2,3)4)15(21)12-6-7-14(20)13(18)10-12/h6-7,10-11,19H,5,8-9,20H2,1-4H3. The van der Waals surface area contributed by atoms with E-state index in [-0.39, 0.29) is 11.2 Å². The van der Waals surface area contributed by atoms with Crippen molar-refractivity contribution < 1.29 is 4.79 Å². The van der Waals surface area contributed by atoms with Crippen LogP contribution < -0.4 is 5.73 Å². The summed E-state index contributed by atoms with van der Waals surface area (Å²) >= 11 is 6.01. The molecule has 3 N–H and O–H groups in total. The van der Waals surface area contributed by atoms with Crippen LogP contribution in [0.25, 0.3) is 0 Å². The van der Waals surface area contributed by atoms with Crippen molar-refractivity contribution in [3.63, 3.8) is 0 Å². The van der Waals surface area contributed by atoms with Crippen LogP contribution in [-0.4, -0.2) is 12.0 Å². The number of rotatable bonds is 6. The molecule has 21 heavy (non-hydrogen) atoms. The molecule has 4 heteroatoms. The third kappa shape index (κ3) is 4.31. The van der Waals surface area contributed by atoms with E-state index in [1.165, 1.54) is 6.21 Å². The van der Waals surface area contributed by atoms with Gasteiger partial charge in [0.15, 0.2) is 5.78 Å². The Hall–Kier alpha value is -1.35. The van der Waals surface area contributed by atoms with Crippen LogP contribution >= 0.6 is 11.6 Å². The number of benzene rings is 1. The quantitative estimate of drug-likeness (QED) is 0.442. The van der Waals surface area contributed by atoms with Gasteiger partial charge >= 0.3 is 0 Å². The van der Waals surface area contributed by atoms with Gasteiger partial charge in [0, 0.05) is 11.8 Å². The van der Waals surface area contributed by atoms with Gasteiger partial charge in [-0.25, -0.2) is 0 Å². The van der Waals surface area contributed by atoms with Gasteiger partial charge < -0.3 is 11.1 Å². The van der Waals surface area contributed by atoms with Crippen molar-refractivity contribution in [3.8, 4) is 0 Å². The fraction of sp³-hybridized carbons (Fsp3) is 0.529. The number of nitrogens with two attached hydrogens (primary N) is 1. The van der Waals surface area contributed by atoms with Crippen molar-refractivity contribution >= 4 is 29.3 Å². The summed E-state index contributed by atoms with van der Waals surface area (Å²) in [6.45, 7) is 8.37. The Balaban J connectivity index is 3.11. The van der Waals surface area contributed by atoms with E-state index in [1.807, 2.05) is 6.92 Å². The molecule has 0 amide bonds. The van der Waals surface area contributed by atoms with Crippen LogP contribution in [0.2, 0.25) is 5.02 Å². The van der Waals surface area contributed by atoms with E-state index in [2.05, 4.69) is 20.8 Å². The van der Waals surface area contributed by atoms with Crippen molar-refractivity contribution in [2.45, 2.75) is 47.0 Å². The van der Waals surface area contributed by atoms with Crippen LogP contribution in [0.3, 0.4) is 0 Å². The van der Waals surface area contributed by atoms with Crippen molar-refractivity contribution in [2.75, 3.05) is 5.73 Å². The number of carbonyl (C=O) groups excluding carboxylic acids is 1. The third-order valence-electron chi connectivity index (χ3n) is 3.94. The van der Waals surface area contributed by atoms with Crippen LogP contribution in [0.4, 0.5) is 5.69 Å². The van der Waals surface area contributed by atoms with E-state index in [4.69, 9.17) is 22.7 Å². The van der Waals surface area contributed by atoms with Crippen LogP contribution in [0.5, 0.6) is 0 Å². The first-order chi connectivity index (χ1) is 9.65. The van der Waals surface area contributed by atoms with Crippen LogP contribution in [0.1, 0.15) is 57.3 Å². The normalized spacial score (nSPS) is 14.5. The summed E-state index contributed by atoms with van der Waals surface area (Å²) in [5, 5.41) is 8.17. The zero-order valence-corrected chi connectivity index (χ0v) is 14.1. The summed E-state index contributed by atoms with van der Waals surface area (Å²) in [6, 6.07) is 4.93. The predicted molar refractivity (Wildman–Crippen MR) is 90.4 cm³/mol. The Labute approximate surface area is 132 Å². The van der Waals surface area contributed by atoms with E-state index in [0.717, 1.165) is 6.42 Å². The van der Waals surface area contributed by atoms with Crippen molar-refractivity contribution in [1.82, 2.24) is 0 Å². The molecule has 0 heterocycles. The molecule has 0 aliphatic heterocycles. The topological polar surface area (TPSA) is 66.9 Å². The highest BCUT2D eigenvalue weighted by Crippen LogP contribution is 2.36. The van der Waals surface area contributed by atoms with Gasteiger partial charge in [0.25, 0.3) is 0 Å². The SMILES string of the molecule is CCC(C=N)(CCC(C)(C)C)C(=O)c1ccc(N)c(Cl)c1. The van der Waals surface area contributed by atoms with Crippen molar-refractivity contribution in [3.05, 3.63) is 28.8 Å². The maximum absolute atomic E-state index is 12.9. The second-order valence-electron chi connectivity index (χ2n) is 6.78. The van der Waals surface area contributed by atoms with Gasteiger partial charge in [0.1, 0.15) is 0 Å². The first-order valence-electron chi connectivity index (χ1n) is 7.26. The first kappa shape index (κ1) is 17.7. The van der Waals surface area contributed by atoms with E-state index < -0.39 is 5.41 Å². The maximum Gasteiger partial charge on any atom is 0.174 e. The second kappa shape index (κ2) is 6.61. The summed E-state index contributed by atoms with van der Waals surface area (Å²) < 4.78 is 0. The number of Topliss-reactive ketones (excluding diaryl/α,β-unsaturated/α-hetero) is 1. The molecule has 0 saturated carbocycles. The molecule has 1 unspecified atom stereocenters. The van der Waals surface area contributed by atoms with Gasteiger partial charge in [-0.15, -0.1) is 0 Å². The molecule has 1 aromatic carbocycles. The van der Waals surface area contributed by atoms with Gasteiger partial charge in [-0.3, -0.25) is 4.79 Å². The molecule has 116 valence electrons. The summed E-state index contributed by atoms with van der Waals surface area (Å²) in [7, 11) is 0. The number of nitrogen functional groups attached to an aromatic ring is 1. The Morgan fingerprint density at radius 2 is 1.95 bits per heavy atom. The zero-order chi connectivity index (χ0) is 16.3. The number of ketones is 1. The molecule has 3 nitrogen and oxygen atoms in total. The molecule has 0 bridgehead atoms. The highest BCUT2D eigenvalue weighted by Gasteiger charge is 2.36. The molecule has 0 spiro atoms. The van der Waals surface area contributed by atoms with Gasteiger partial charge in [0.2, 0.25) is 0 Å². The molecule has 0 saturated heterocycles. The third-order valence-corrected chi connectivity index (χ3v) is 4.27. The number of nitrogens with one attached hydrogen (secondary N) is 1. The van der Waals surface area contributed by atoms with E-state index in [9.17, 15) is 4.79 Å². The highest BCUT2D eigenvalue weighted by molar-refractivity contribution is 6.33. The Bertz CT molecular complexity index is 534. The average molecular weight is 309 g/mol. The zero-order valence-electron chi connectivity index (χ0n) is 13.3. The van der Waals surface area contributed by atoms with Crippen molar-refractivity contribution in [2.24, 2.45) is 10.8 Å². The predicted octanol–water partition coefficient (Wildman–Crippen LogP) is 4.98. The highest BCUT2D eigenvalue weighted by atomic mass is 35.5. The fourth-order valence-electron chi connectivity index (χ4n) is 2.24. The Morgan fingerprint density at radius 3 is 2.38 bits per heavy atom. The molecule has 0 aliphatic carbocycles. The second-order valence-corrected chi connectivity index (χ2v) is 7.19. The number of carbonyl (C=O) groups is 1. The minimum atomic E-state index is -0.757. The lowest BCUT2D eigenvalue weighted by atomic mass is 9.72. The molecule has 0 radical (unpaired) electrons. The molecule has 1 rings (SSSR count). The van der Waals surface area contributed by atoms with Crippen LogP contribution in [-0.2, 0) is 0 Å². The lowest BCUT2D eigenvalue weighted by Gasteiger charge is -2.30. The van der Waals surface area contributed by atoms with Gasteiger partial charge in [-0.2, -0.15) is 0 Å². The smallest absolute Gasteiger partial charge is 0.174 e. The Morgan fingerprint density at radius 1 is 1.33 bits per heavy atom. The lowest BCUT2D eigenvalue weighted by molar-refractivity contribution is 0.0848. The molecule has 0 fully saturated rings. The number of halogens is 1. The molecular weight excluding hydrogens is 284 g/mol. The molecule has 1 aromatic rings. The largest absolute Gasteiger partial charge is 0.398 e. The molecule has 1 atom stereocenters. The van der Waals surface area contributed by atoms with E-state index >= 15 is 0 Å². The van der Waals surface area contributed by atoms with E-state index in [1.54, 1.807) is 18.2 Å². The monoisotopic (exact) mass is 308 g/mol. The number of hydrogen-bond donors (Lipinski definition) is 2. The van der Waals surface area contributed by atoms with Gasteiger partial charge in [0.05, 0.1) is 16.1 Å².